The summed E-state index contributed by atoms with van der Waals surface area (Å²) in [7, 11) is 0. The van der Waals surface area contributed by atoms with Gasteiger partial charge in [0, 0.05) is 30.1 Å². The molecule has 1 aromatic carbocycles. The lowest BCUT2D eigenvalue weighted by Crippen LogP contribution is -2.28. The lowest BCUT2D eigenvalue weighted by molar-refractivity contribution is -0.122. The van der Waals surface area contributed by atoms with Crippen LogP contribution in [0.2, 0.25) is 0 Å². The number of hydrogen-bond donors (Lipinski definition) is 1. The average molecular weight is 359 g/mol. The molecular weight excluding hydrogens is 342 g/mol. The minimum Gasteiger partial charge on any atom is -0.486 e. The molecule has 3 heterocycles. The van der Waals surface area contributed by atoms with Crippen LogP contribution >= 0.6 is 11.3 Å². The summed E-state index contributed by atoms with van der Waals surface area (Å²) in [5.74, 6) is 0.651. The van der Waals surface area contributed by atoms with Crippen LogP contribution in [0.1, 0.15) is 12.1 Å². The van der Waals surface area contributed by atoms with E-state index in [0.29, 0.717) is 36.4 Å². The maximum atomic E-state index is 12.4. The third-order valence-electron chi connectivity index (χ3n) is 4.18. The SMILES string of the molecule is Cc1csc(NC(=O)C2CC(=O)N(c3ccc4c(c3)OCCO4)C2)n1. The molecule has 8 heteroatoms. The Morgan fingerprint density at radius 1 is 1.32 bits per heavy atom. The number of ether oxygens (including phenoxy) is 2. The molecule has 0 bridgehead atoms. The summed E-state index contributed by atoms with van der Waals surface area (Å²) in [5, 5.41) is 5.23. The molecular formula is C17H17N3O4S. The summed E-state index contributed by atoms with van der Waals surface area (Å²) in [6.45, 7) is 3.22. The number of hydrogen-bond acceptors (Lipinski definition) is 6. The molecule has 0 aliphatic carbocycles. The minimum absolute atomic E-state index is 0.0767. The fourth-order valence-electron chi connectivity index (χ4n) is 2.95. The fraction of sp³-hybridized carbons (Fsp3) is 0.353. The third-order valence-corrected chi connectivity index (χ3v) is 5.06. The van der Waals surface area contributed by atoms with Gasteiger partial charge in [0.05, 0.1) is 11.6 Å². The van der Waals surface area contributed by atoms with Crippen molar-refractivity contribution in [1.29, 1.82) is 0 Å². The Morgan fingerprint density at radius 2 is 2.12 bits per heavy atom. The van der Waals surface area contributed by atoms with Crippen molar-refractivity contribution in [2.24, 2.45) is 5.92 Å². The first kappa shape index (κ1) is 15.9. The first-order valence-corrected chi connectivity index (χ1v) is 8.91. The monoisotopic (exact) mass is 359 g/mol. The van der Waals surface area contributed by atoms with Gasteiger partial charge in [0.1, 0.15) is 13.2 Å². The van der Waals surface area contributed by atoms with Crippen LogP contribution in [-0.4, -0.2) is 36.6 Å². The van der Waals surface area contributed by atoms with Gasteiger partial charge in [-0.25, -0.2) is 4.98 Å². The van der Waals surface area contributed by atoms with Gasteiger partial charge in [-0.1, -0.05) is 0 Å². The fourth-order valence-corrected chi connectivity index (χ4v) is 3.64. The highest BCUT2D eigenvalue weighted by Gasteiger charge is 2.35. The molecule has 2 aliphatic heterocycles. The molecule has 1 aromatic heterocycles. The van der Waals surface area contributed by atoms with Gasteiger partial charge in [0.15, 0.2) is 16.6 Å². The van der Waals surface area contributed by atoms with Crippen molar-refractivity contribution in [3.8, 4) is 11.5 Å². The normalized spacial score (nSPS) is 19.2. The van der Waals surface area contributed by atoms with E-state index in [9.17, 15) is 9.59 Å². The van der Waals surface area contributed by atoms with Gasteiger partial charge in [0.2, 0.25) is 11.8 Å². The molecule has 25 heavy (non-hydrogen) atoms. The van der Waals surface area contributed by atoms with Crippen molar-refractivity contribution in [3.05, 3.63) is 29.3 Å². The molecule has 2 aromatic rings. The number of anilines is 2. The van der Waals surface area contributed by atoms with E-state index in [-0.39, 0.29) is 18.2 Å². The van der Waals surface area contributed by atoms with Crippen LogP contribution in [0.25, 0.3) is 0 Å². The van der Waals surface area contributed by atoms with Gasteiger partial charge in [0.25, 0.3) is 0 Å². The second-order valence-electron chi connectivity index (χ2n) is 6.02. The predicted molar refractivity (Wildman–Crippen MR) is 93.4 cm³/mol. The zero-order chi connectivity index (χ0) is 17.4. The summed E-state index contributed by atoms with van der Waals surface area (Å²) in [6.07, 6.45) is 0.185. The first-order chi connectivity index (χ1) is 12.1. The zero-order valence-electron chi connectivity index (χ0n) is 13.7. The van der Waals surface area contributed by atoms with Crippen molar-refractivity contribution in [1.82, 2.24) is 4.98 Å². The summed E-state index contributed by atoms with van der Waals surface area (Å²) in [6, 6.07) is 5.40. The van der Waals surface area contributed by atoms with E-state index in [1.165, 1.54) is 11.3 Å². The summed E-state index contributed by atoms with van der Waals surface area (Å²) in [4.78, 5) is 30.6. The molecule has 2 aliphatic rings. The Hall–Kier alpha value is -2.61. The van der Waals surface area contributed by atoms with E-state index in [4.69, 9.17) is 9.47 Å². The van der Waals surface area contributed by atoms with Crippen molar-refractivity contribution in [2.75, 3.05) is 30.0 Å². The number of fused-ring (bicyclic) bond motifs is 1. The molecule has 0 saturated carbocycles. The van der Waals surface area contributed by atoms with Crippen molar-refractivity contribution >= 4 is 34.0 Å². The highest BCUT2D eigenvalue weighted by atomic mass is 32.1. The molecule has 0 spiro atoms. The Bertz CT molecular complexity index is 835. The Labute approximate surface area is 148 Å². The van der Waals surface area contributed by atoms with Crippen LogP contribution in [0.5, 0.6) is 11.5 Å². The number of thiazole rings is 1. The van der Waals surface area contributed by atoms with Crippen LogP contribution in [0, 0.1) is 12.8 Å². The molecule has 1 saturated heterocycles. The molecule has 1 N–H and O–H groups in total. The molecule has 0 radical (unpaired) electrons. The van der Waals surface area contributed by atoms with E-state index in [2.05, 4.69) is 10.3 Å². The second-order valence-corrected chi connectivity index (χ2v) is 6.87. The van der Waals surface area contributed by atoms with E-state index >= 15 is 0 Å². The largest absolute Gasteiger partial charge is 0.486 e. The number of benzene rings is 1. The number of nitrogens with zero attached hydrogens (tertiary/aromatic N) is 2. The van der Waals surface area contributed by atoms with Crippen LogP contribution < -0.4 is 19.7 Å². The predicted octanol–water partition coefficient (Wildman–Crippen LogP) is 2.21. The zero-order valence-corrected chi connectivity index (χ0v) is 14.5. The maximum absolute atomic E-state index is 12.4. The topological polar surface area (TPSA) is 80.8 Å². The summed E-state index contributed by atoms with van der Waals surface area (Å²) < 4.78 is 11.1. The van der Waals surface area contributed by atoms with Gasteiger partial charge in [-0.3, -0.25) is 9.59 Å². The maximum Gasteiger partial charge on any atom is 0.231 e. The van der Waals surface area contributed by atoms with E-state index in [1.807, 2.05) is 18.4 Å². The Kier molecular flexibility index (Phi) is 4.04. The van der Waals surface area contributed by atoms with Gasteiger partial charge < -0.3 is 19.7 Å². The third kappa shape index (κ3) is 3.17. The average Bonchev–Trinajstić information content (AvgIpc) is 3.20. The highest BCUT2D eigenvalue weighted by molar-refractivity contribution is 7.13. The van der Waals surface area contributed by atoms with Gasteiger partial charge in [-0.05, 0) is 19.1 Å². The van der Waals surface area contributed by atoms with E-state index in [0.717, 1.165) is 11.4 Å². The van der Waals surface area contributed by atoms with E-state index in [1.54, 1.807) is 17.0 Å². The quantitative estimate of drug-likeness (QED) is 0.909. The molecule has 7 nitrogen and oxygen atoms in total. The number of aromatic nitrogens is 1. The van der Waals surface area contributed by atoms with Crippen LogP contribution in [0.3, 0.4) is 0 Å². The lowest BCUT2D eigenvalue weighted by Gasteiger charge is -2.22. The summed E-state index contributed by atoms with van der Waals surface area (Å²) in [5.41, 5.74) is 1.58. The molecule has 4 rings (SSSR count). The van der Waals surface area contributed by atoms with Crippen LogP contribution in [0.4, 0.5) is 10.8 Å². The number of aryl methyl sites for hydroxylation is 1. The van der Waals surface area contributed by atoms with Gasteiger partial charge in [-0.15, -0.1) is 11.3 Å². The van der Waals surface area contributed by atoms with Crippen LogP contribution in [-0.2, 0) is 9.59 Å². The highest BCUT2D eigenvalue weighted by Crippen LogP contribution is 2.36. The number of rotatable bonds is 3. The second kappa shape index (κ2) is 6.36. The van der Waals surface area contributed by atoms with Crippen molar-refractivity contribution in [2.45, 2.75) is 13.3 Å². The number of amides is 2. The number of carbonyl (C=O) groups excluding carboxylic acids is 2. The molecule has 130 valence electrons. The number of carbonyl (C=O) groups is 2. The smallest absolute Gasteiger partial charge is 0.231 e. The van der Waals surface area contributed by atoms with Crippen molar-refractivity contribution in [3.63, 3.8) is 0 Å². The summed E-state index contributed by atoms with van der Waals surface area (Å²) >= 11 is 1.38. The van der Waals surface area contributed by atoms with Crippen LogP contribution in [0.15, 0.2) is 23.6 Å². The Morgan fingerprint density at radius 3 is 2.88 bits per heavy atom. The van der Waals surface area contributed by atoms with Gasteiger partial charge >= 0.3 is 0 Å². The minimum atomic E-state index is -0.398. The molecule has 1 atom stereocenters. The van der Waals surface area contributed by atoms with E-state index < -0.39 is 5.92 Å². The Balaban J connectivity index is 1.47. The molecule has 1 unspecified atom stereocenters. The lowest BCUT2D eigenvalue weighted by atomic mass is 10.1. The van der Waals surface area contributed by atoms with Gasteiger partial charge in [-0.2, -0.15) is 0 Å². The first-order valence-electron chi connectivity index (χ1n) is 8.03. The standard InChI is InChI=1S/C17H17N3O4S/c1-10-9-25-17(18-10)19-16(22)11-6-15(21)20(8-11)12-2-3-13-14(7-12)24-5-4-23-13/h2-3,7,9,11H,4-6,8H2,1H3,(H,18,19,22). The van der Waals surface area contributed by atoms with Crippen molar-refractivity contribution < 1.29 is 19.1 Å². The molecule has 2 amide bonds. The number of nitrogens with one attached hydrogen (secondary N) is 1. The molecule has 1 fully saturated rings.